The number of benzene rings is 2. The zero-order valence-electron chi connectivity index (χ0n) is 18.4. The van der Waals surface area contributed by atoms with Crippen LogP contribution in [-0.4, -0.2) is 59.0 Å². The molecule has 1 aromatic heterocycles. The quantitative estimate of drug-likeness (QED) is 0.577. The van der Waals surface area contributed by atoms with Crippen LogP contribution >= 0.6 is 11.3 Å². The number of rotatable bonds is 6. The average molecular weight is 481 g/mol. The second-order valence-corrected chi connectivity index (χ2v) is 9.10. The first-order chi connectivity index (χ1) is 16.6. The Hall–Kier alpha value is -3.34. The molecule has 2 fully saturated rings. The number of piperidine rings is 1. The summed E-state index contributed by atoms with van der Waals surface area (Å²) in [4.78, 5) is 27.2. The van der Waals surface area contributed by atoms with Gasteiger partial charge in [-0.3, -0.25) is 9.59 Å². The van der Waals surface area contributed by atoms with Gasteiger partial charge in [0, 0.05) is 37.2 Å². The molecule has 2 saturated heterocycles. The van der Waals surface area contributed by atoms with Crippen LogP contribution < -0.4 is 10.1 Å². The van der Waals surface area contributed by atoms with E-state index in [-0.39, 0.29) is 23.4 Å². The third kappa shape index (κ3) is 5.09. The van der Waals surface area contributed by atoms with Crippen LogP contribution in [0.15, 0.2) is 54.6 Å². The molecule has 0 aliphatic carbocycles. The highest BCUT2D eigenvalue weighted by Gasteiger charge is 2.40. The minimum absolute atomic E-state index is 0.0436. The van der Waals surface area contributed by atoms with E-state index in [0.29, 0.717) is 55.4 Å². The topological polar surface area (TPSA) is 103 Å². The van der Waals surface area contributed by atoms with Crippen LogP contribution in [0, 0.1) is 0 Å². The molecule has 0 saturated carbocycles. The Morgan fingerprint density at radius 2 is 1.71 bits per heavy atom. The number of likely N-dealkylation sites (tertiary alicyclic amines) is 1. The summed E-state index contributed by atoms with van der Waals surface area (Å²) in [5.74, 6) is -0.190. The maximum absolute atomic E-state index is 12.9. The van der Waals surface area contributed by atoms with Gasteiger partial charge in [-0.25, -0.2) is 0 Å². The average Bonchev–Trinajstić information content (AvgIpc) is 3.54. The lowest BCUT2D eigenvalue weighted by Gasteiger charge is -2.37. The van der Waals surface area contributed by atoms with E-state index in [2.05, 4.69) is 15.5 Å². The molecule has 2 aromatic carbocycles. The fraction of sp³-hybridized carbons (Fsp3) is 0.333. The molecule has 3 heterocycles. The van der Waals surface area contributed by atoms with Crippen LogP contribution in [0.4, 0.5) is 5.69 Å². The second-order valence-electron chi connectivity index (χ2n) is 8.03. The molecule has 1 spiro atoms. The van der Waals surface area contributed by atoms with E-state index < -0.39 is 5.79 Å². The van der Waals surface area contributed by atoms with Crippen molar-refractivity contribution >= 4 is 28.8 Å². The van der Waals surface area contributed by atoms with Crippen LogP contribution in [0.25, 0.3) is 0 Å². The van der Waals surface area contributed by atoms with Crippen molar-refractivity contribution in [1.82, 2.24) is 15.1 Å². The molecule has 0 bridgehead atoms. The lowest BCUT2D eigenvalue weighted by atomic mass is 10.0. The predicted molar refractivity (Wildman–Crippen MR) is 125 cm³/mol. The molecular formula is C24H24N4O5S. The van der Waals surface area contributed by atoms with E-state index in [1.165, 1.54) is 11.3 Å². The molecule has 34 heavy (non-hydrogen) atoms. The molecule has 3 aromatic rings. The van der Waals surface area contributed by atoms with E-state index in [4.69, 9.17) is 14.2 Å². The Morgan fingerprint density at radius 1 is 1.00 bits per heavy atom. The summed E-state index contributed by atoms with van der Waals surface area (Å²) in [6.45, 7) is 2.64. The number of para-hydroxylation sites is 1. The maximum Gasteiger partial charge on any atom is 0.286 e. The van der Waals surface area contributed by atoms with Crippen molar-refractivity contribution in [2.75, 3.05) is 31.6 Å². The molecule has 0 radical (unpaired) electrons. The van der Waals surface area contributed by atoms with Gasteiger partial charge in [-0.15, -0.1) is 10.2 Å². The molecular weight excluding hydrogens is 456 g/mol. The Balaban J connectivity index is 1.13. The normalized spacial score (nSPS) is 17.0. The molecule has 9 nitrogen and oxygen atoms in total. The van der Waals surface area contributed by atoms with E-state index in [0.717, 1.165) is 5.75 Å². The summed E-state index contributed by atoms with van der Waals surface area (Å²) >= 11 is 1.17. The third-order valence-corrected chi connectivity index (χ3v) is 6.68. The van der Waals surface area contributed by atoms with Crippen molar-refractivity contribution < 1.29 is 23.8 Å². The minimum Gasteiger partial charge on any atom is -0.486 e. The van der Waals surface area contributed by atoms with Gasteiger partial charge in [0.05, 0.1) is 13.2 Å². The molecule has 2 aliphatic rings. The fourth-order valence-electron chi connectivity index (χ4n) is 3.96. The summed E-state index contributed by atoms with van der Waals surface area (Å²) in [5, 5.41) is 11.6. The highest BCUT2D eigenvalue weighted by atomic mass is 32.1. The molecule has 2 amide bonds. The molecule has 10 heteroatoms. The van der Waals surface area contributed by atoms with Crippen molar-refractivity contribution in [1.29, 1.82) is 0 Å². The van der Waals surface area contributed by atoms with Gasteiger partial charge in [-0.1, -0.05) is 29.5 Å². The van der Waals surface area contributed by atoms with Gasteiger partial charge in [-0.2, -0.15) is 0 Å². The minimum atomic E-state index is -0.511. The summed E-state index contributed by atoms with van der Waals surface area (Å²) in [6.07, 6.45) is 1.35. The van der Waals surface area contributed by atoms with Gasteiger partial charge in [0.1, 0.15) is 12.4 Å². The zero-order valence-corrected chi connectivity index (χ0v) is 19.3. The monoisotopic (exact) mass is 480 g/mol. The highest BCUT2D eigenvalue weighted by Crippen LogP contribution is 2.31. The SMILES string of the molecule is O=C(Nc1ccc(C(=O)N2CCC3(CC2)OCCO3)cc1)c1nnc(COc2ccccc2)s1. The highest BCUT2D eigenvalue weighted by molar-refractivity contribution is 7.13. The number of anilines is 1. The number of carbonyl (C=O) groups excluding carboxylic acids is 2. The standard InChI is InChI=1S/C24H24N4O5S/c29-21(22-27-26-20(34-22)16-31-19-4-2-1-3-5-19)25-18-8-6-17(7-9-18)23(30)28-12-10-24(11-13-28)32-14-15-33-24/h1-9H,10-16H2,(H,25,29). The van der Waals surface area contributed by atoms with Gasteiger partial charge >= 0.3 is 0 Å². The van der Waals surface area contributed by atoms with Crippen LogP contribution in [0.1, 0.15) is 38.0 Å². The number of hydrogen-bond acceptors (Lipinski definition) is 8. The van der Waals surface area contributed by atoms with Gasteiger partial charge in [0.2, 0.25) is 5.01 Å². The maximum atomic E-state index is 12.9. The predicted octanol–water partition coefficient (Wildman–Crippen LogP) is 3.35. The first-order valence-corrected chi connectivity index (χ1v) is 11.9. The van der Waals surface area contributed by atoms with E-state index >= 15 is 0 Å². The number of aromatic nitrogens is 2. The first-order valence-electron chi connectivity index (χ1n) is 11.1. The Kier molecular flexibility index (Phi) is 6.52. The fourth-order valence-corrected chi connectivity index (χ4v) is 4.61. The lowest BCUT2D eigenvalue weighted by molar-refractivity contribution is -0.181. The second kappa shape index (κ2) is 9.88. The molecule has 5 rings (SSSR count). The van der Waals surface area contributed by atoms with Crippen LogP contribution in [-0.2, 0) is 16.1 Å². The lowest BCUT2D eigenvalue weighted by Crippen LogP contribution is -2.47. The number of carbonyl (C=O) groups is 2. The smallest absolute Gasteiger partial charge is 0.286 e. The Morgan fingerprint density at radius 3 is 2.41 bits per heavy atom. The Bertz CT molecular complexity index is 1140. The van der Waals surface area contributed by atoms with Crippen molar-refractivity contribution in [3.05, 3.63) is 70.2 Å². The number of nitrogens with zero attached hydrogens (tertiary/aromatic N) is 3. The molecule has 176 valence electrons. The van der Waals surface area contributed by atoms with Crippen molar-refractivity contribution in [2.45, 2.75) is 25.2 Å². The van der Waals surface area contributed by atoms with E-state index in [1.807, 2.05) is 35.2 Å². The van der Waals surface area contributed by atoms with Crippen LogP contribution in [0.2, 0.25) is 0 Å². The first kappa shape index (κ1) is 22.5. The van der Waals surface area contributed by atoms with Crippen LogP contribution in [0.5, 0.6) is 5.75 Å². The van der Waals surface area contributed by atoms with E-state index in [9.17, 15) is 9.59 Å². The largest absolute Gasteiger partial charge is 0.486 e. The van der Waals surface area contributed by atoms with Gasteiger partial charge in [-0.05, 0) is 36.4 Å². The van der Waals surface area contributed by atoms with Crippen LogP contribution in [0.3, 0.4) is 0 Å². The summed E-state index contributed by atoms with van der Waals surface area (Å²) in [7, 11) is 0. The third-order valence-electron chi connectivity index (χ3n) is 5.78. The van der Waals surface area contributed by atoms with E-state index in [1.54, 1.807) is 24.3 Å². The van der Waals surface area contributed by atoms with Gasteiger partial charge < -0.3 is 24.4 Å². The van der Waals surface area contributed by atoms with Gasteiger partial charge in [0.25, 0.3) is 11.8 Å². The number of amides is 2. The Labute approximate surface area is 200 Å². The summed E-state index contributed by atoms with van der Waals surface area (Å²) in [5.41, 5.74) is 1.14. The zero-order chi connectivity index (χ0) is 23.4. The number of hydrogen-bond donors (Lipinski definition) is 1. The summed E-state index contributed by atoms with van der Waals surface area (Å²) in [6, 6.07) is 16.2. The van der Waals surface area contributed by atoms with Crippen molar-refractivity contribution in [3.63, 3.8) is 0 Å². The number of ether oxygens (including phenoxy) is 3. The van der Waals surface area contributed by atoms with Gasteiger partial charge in [0.15, 0.2) is 10.8 Å². The van der Waals surface area contributed by atoms with Crippen molar-refractivity contribution in [2.24, 2.45) is 0 Å². The molecule has 2 aliphatic heterocycles. The summed E-state index contributed by atoms with van der Waals surface area (Å²) < 4.78 is 17.1. The molecule has 0 atom stereocenters. The van der Waals surface area contributed by atoms with Crippen molar-refractivity contribution in [3.8, 4) is 5.75 Å². The number of nitrogens with one attached hydrogen (secondary N) is 1. The molecule has 0 unspecified atom stereocenters. The molecule has 1 N–H and O–H groups in total.